The number of aromatic nitrogens is 2. The molecule has 2 heterocycles. The first-order valence-corrected chi connectivity index (χ1v) is 6.92. The molecule has 1 N–H and O–H groups in total. The van der Waals surface area contributed by atoms with Gasteiger partial charge in [-0.25, -0.2) is 9.37 Å². The molecule has 5 heteroatoms. The number of thiazole rings is 1. The molecule has 1 unspecified atom stereocenters. The monoisotopic (exact) mass is 276 g/mol. The summed E-state index contributed by atoms with van der Waals surface area (Å²) in [4.78, 5) is 5.36. The number of imidazole rings is 1. The van der Waals surface area contributed by atoms with Crippen LogP contribution in [-0.2, 0) is 12.8 Å². The Labute approximate surface area is 114 Å². The van der Waals surface area contributed by atoms with E-state index >= 15 is 0 Å². The minimum absolute atomic E-state index is 0.257. The number of aliphatic hydroxyl groups is 1. The van der Waals surface area contributed by atoms with Crippen molar-refractivity contribution in [3.8, 4) is 0 Å². The zero-order chi connectivity index (χ0) is 13.2. The van der Waals surface area contributed by atoms with E-state index < -0.39 is 6.10 Å². The van der Waals surface area contributed by atoms with E-state index in [9.17, 15) is 9.50 Å². The number of halogens is 1. The van der Waals surface area contributed by atoms with Crippen molar-refractivity contribution < 1.29 is 9.50 Å². The minimum atomic E-state index is -0.505. The highest BCUT2D eigenvalue weighted by Crippen LogP contribution is 2.14. The zero-order valence-corrected chi connectivity index (χ0v) is 11.0. The van der Waals surface area contributed by atoms with Crippen molar-refractivity contribution in [2.75, 3.05) is 0 Å². The van der Waals surface area contributed by atoms with Crippen LogP contribution in [0.5, 0.6) is 0 Å². The van der Waals surface area contributed by atoms with E-state index in [1.165, 1.54) is 12.1 Å². The molecule has 0 saturated carbocycles. The van der Waals surface area contributed by atoms with E-state index in [1.54, 1.807) is 23.5 Å². The Morgan fingerprint density at radius 3 is 2.79 bits per heavy atom. The lowest BCUT2D eigenvalue weighted by molar-refractivity contribution is 0.174. The maximum Gasteiger partial charge on any atom is 0.193 e. The molecule has 0 aliphatic heterocycles. The van der Waals surface area contributed by atoms with E-state index in [1.807, 2.05) is 22.2 Å². The fourth-order valence-corrected chi connectivity index (χ4v) is 2.80. The molecule has 3 nitrogen and oxygen atoms in total. The minimum Gasteiger partial charge on any atom is -0.392 e. The number of benzene rings is 1. The second-order valence-electron chi connectivity index (χ2n) is 4.51. The predicted octanol–water partition coefficient (Wildman–Crippen LogP) is 2.68. The number of hydrogen-bond acceptors (Lipinski definition) is 3. The molecule has 19 heavy (non-hydrogen) atoms. The Hall–Kier alpha value is -1.72. The number of fused-ring (bicyclic) bond motifs is 1. The van der Waals surface area contributed by atoms with Crippen molar-refractivity contribution in [1.82, 2.24) is 9.38 Å². The van der Waals surface area contributed by atoms with Gasteiger partial charge in [-0.2, -0.15) is 0 Å². The van der Waals surface area contributed by atoms with E-state index in [0.29, 0.717) is 12.8 Å². The zero-order valence-electron chi connectivity index (χ0n) is 10.2. The van der Waals surface area contributed by atoms with Gasteiger partial charge in [0.1, 0.15) is 5.82 Å². The number of aliphatic hydroxyl groups excluding tert-OH is 1. The molecular formula is C14H13FN2OS. The highest BCUT2D eigenvalue weighted by molar-refractivity contribution is 7.15. The Bertz CT molecular complexity index is 646. The predicted molar refractivity (Wildman–Crippen MR) is 72.9 cm³/mol. The third-order valence-electron chi connectivity index (χ3n) is 2.97. The molecule has 0 aliphatic rings. The van der Waals surface area contributed by atoms with Crippen molar-refractivity contribution in [1.29, 1.82) is 0 Å². The molecule has 0 saturated heterocycles. The lowest BCUT2D eigenvalue weighted by Crippen LogP contribution is -2.14. The standard InChI is InChI=1S/C14H13FN2OS/c15-11-3-1-10(2-4-11)7-13(18)8-12-9-17-5-6-19-14(17)16-12/h1-6,9,13,18H,7-8H2. The topological polar surface area (TPSA) is 37.5 Å². The summed E-state index contributed by atoms with van der Waals surface area (Å²) in [7, 11) is 0. The van der Waals surface area contributed by atoms with Crippen LogP contribution >= 0.6 is 11.3 Å². The average Bonchev–Trinajstić information content (AvgIpc) is 2.92. The van der Waals surface area contributed by atoms with Gasteiger partial charge < -0.3 is 5.11 Å². The first-order valence-electron chi connectivity index (χ1n) is 6.04. The summed E-state index contributed by atoms with van der Waals surface area (Å²) >= 11 is 1.57. The third-order valence-corrected chi connectivity index (χ3v) is 3.74. The summed E-state index contributed by atoms with van der Waals surface area (Å²) in [5.74, 6) is -0.257. The molecule has 1 atom stereocenters. The SMILES string of the molecule is OC(Cc1ccc(F)cc1)Cc1cn2ccsc2n1. The molecule has 3 aromatic rings. The van der Waals surface area contributed by atoms with E-state index in [4.69, 9.17) is 0 Å². The van der Waals surface area contributed by atoms with Gasteiger partial charge in [0.25, 0.3) is 0 Å². The van der Waals surface area contributed by atoms with Crippen molar-refractivity contribution in [2.24, 2.45) is 0 Å². The Balaban J connectivity index is 1.66. The van der Waals surface area contributed by atoms with Crippen molar-refractivity contribution in [2.45, 2.75) is 18.9 Å². The highest BCUT2D eigenvalue weighted by atomic mass is 32.1. The lowest BCUT2D eigenvalue weighted by Gasteiger charge is -2.08. The van der Waals surface area contributed by atoms with Crippen LogP contribution in [0, 0.1) is 5.82 Å². The quantitative estimate of drug-likeness (QED) is 0.795. The summed E-state index contributed by atoms with van der Waals surface area (Å²) in [5, 5.41) is 12.0. The van der Waals surface area contributed by atoms with Gasteiger partial charge in [-0.05, 0) is 24.1 Å². The Morgan fingerprint density at radius 2 is 2.05 bits per heavy atom. The van der Waals surface area contributed by atoms with E-state index in [0.717, 1.165) is 16.2 Å². The molecule has 1 aromatic carbocycles. The third kappa shape index (κ3) is 2.83. The van der Waals surface area contributed by atoms with Crippen LogP contribution < -0.4 is 0 Å². The molecule has 3 rings (SSSR count). The summed E-state index contributed by atoms with van der Waals surface area (Å²) < 4.78 is 14.7. The van der Waals surface area contributed by atoms with Gasteiger partial charge in [0.2, 0.25) is 0 Å². The van der Waals surface area contributed by atoms with Crippen molar-refractivity contribution in [3.05, 3.63) is 59.1 Å². The highest BCUT2D eigenvalue weighted by Gasteiger charge is 2.10. The fourth-order valence-electron chi connectivity index (χ4n) is 2.08. The van der Waals surface area contributed by atoms with Crippen LogP contribution in [0.4, 0.5) is 4.39 Å². The number of hydrogen-bond donors (Lipinski definition) is 1. The van der Waals surface area contributed by atoms with Crippen molar-refractivity contribution >= 4 is 16.3 Å². The average molecular weight is 276 g/mol. The van der Waals surface area contributed by atoms with Crippen LogP contribution in [0.15, 0.2) is 42.0 Å². The molecule has 98 valence electrons. The maximum absolute atomic E-state index is 12.8. The molecule has 0 amide bonds. The Kier molecular flexibility index (Phi) is 3.31. The maximum atomic E-state index is 12.8. The second-order valence-corrected chi connectivity index (χ2v) is 5.39. The van der Waals surface area contributed by atoms with Gasteiger partial charge in [-0.1, -0.05) is 12.1 Å². The molecule has 0 bridgehead atoms. The first kappa shape index (κ1) is 12.3. The number of rotatable bonds is 4. The molecular weight excluding hydrogens is 263 g/mol. The van der Waals surface area contributed by atoms with Crippen LogP contribution in [0.25, 0.3) is 4.96 Å². The normalized spacial score (nSPS) is 12.9. The van der Waals surface area contributed by atoms with Gasteiger partial charge in [0.05, 0.1) is 11.8 Å². The van der Waals surface area contributed by atoms with E-state index in [2.05, 4.69) is 4.98 Å². The lowest BCUT2D eigenvalue weighted by atomic mass is 10.0. The summed E-state index contributed by atoms with van der Waals surface area (Å²) in [6, 6.07) is 6.22. The van der Waals surface area contributed by atoms with Crippen LogP contribution in [0.3, 0.4) is 0 Å². The van der Waals surface area contributed by atoms with Gasteiger partial charge in [0.15, 0.2) is 4.96 Å². The summed E-state index contributed by atoms with van der Waals surface area (Å²) in [6.07, 6.45) is 4.38. The van der Waals surface area contributed by atoms with Crippen molar-refractivity contribution in [3.63, 3.8) is 0 Å². The first-order chi connectivity index (χ1) is 9.20. The summed E-state index contributed by atoms with van der Waals surface area (Å²) in [5.41, 5.74) is 1.80. The van der Waals surface area contributed by atoms with Crippen LogP contribution in [-0.4, -0.2) is 20.6 Å². The Morgan fingerprint density at radius 1 is 1.26 bits per heavy atom. The fraction of sp³-hybridized carbons (Fsp3) is 0.214. The number of nitrogens with zero attached hydrogens (tertiary/aromatic N) is 2. The largest absolute Gasteiger partial charge is 0.392 e. The molecule has 0 radical (unpaired) electrons. The van der Waals surface area contributed by atoms with Crippen LogP contribution in [0.1, 0.15) is 11.3 Å². The van der Waals surface area contributed by atoms with Gasteiger partial charge in [0, 0.05) is 24.2 Å². The van der Waals surface area contributed by atoms with Gasteiger partial charge in [-0.3, -0.25) is 4.40 Å². The van der Waals surface area contributed by atoms with Gasteiger partial charge >= 0.3 is 0 Å². The van der Waals surface area contributed by atoms with Crippen LogP contribution in [0.2, 0.25) is 0 Å². The van der Waals surface area contributed by atoms with E-state index in [-0.39, 0.29) is 5.82 Å². The molecule has 2 aromatic heterocycles. The van der Waals surface area contributed by atoms with Gasteiger partial charge in [-0.15, -0.1) is 11.3 Å². The summed E-state index contributed by atoms with van der Waals surface area (Å²) in [6.45, 7) is 0. The molecule has 0 fully saturated rings. The second kappa shape index (κ2) is 5.11. The molecule has 0 aliphatic carbocycles. The smallest absolute Gasteiger partial charge is 0.193 e. The molecule has 0 spiro atoms.